The van der Waals surface area contributed by atoms with Crippen molar-refractivity contribution < 1.29 is 13.2 Å². The highest BCUT2D eigenvalue weighted by atomic mass is 32.2. The number of thioether (sulfide) groups is 1. The molecular weight excluding hydrogens is 454 g/mol. The van der Waals surface area contributed by atoms with Crippen LogP contribution in [-0.4, -0.2) is 30.3 Å². The largest absolute Gasteiger partial charge is 0.330 e. The van der Waals surface area contributed by atoms with Gasteiger partial charge in [-0.3, -0.25) is 4.79 Å². The lowest BCUT2D eigenvalue weighted by Crippen LogP contribution is -2.15. The second-order valence-electron chi connectivity index (χ2n) is 6.56. The van der Waals surface area contributed by atoms with E-state index in [0.717, 1.165) is 18.5 Å². The Morgan fingerprint density at radius 1 is 1.06 bits per heavy atom. The molecule has 0 unspecified atom stereocenters. The van der Waals surface area contributed by atoms with Crippen molar-refractivity contribution in [3.8, 4) is 0 Å². The van der Waals surface area contributed by atoms with E-state index in [1.807, 2.05) is 0 Å². The predicted octanol–water partition coefficient (Wildman–Crippen LogP) is 3.78. The van der Waals surface area contributed by atoms with Crippen molar-refractivity contribution in [1.82, 2.24) is 10.2 Å². The zero-order valence-electron chi connectivity index (χ0n) is 17.1. The van der Waals surface area contributed by atoms with Gasteiger partial charge in [-0.25, -0.2) is 13.6 Å². The smallest absolute Gasteiger partial charge is 0.238 e. The van der Waals surface area contributed by atoms with Crippen molar-refractivity contribution in [2.45, 2.75) is 35.9 Å². The molecule has 2 aromatic carbocycles. The van der Waals surface area contributed by atoms with E-state index in [1.165, 1.54) is 58.5 Å². The van der Waals surface area contributed by atoms with Gasteiger partial charge in [-0.15, -0.1) is 10.2 Å². The molecule has 0 aliphatic carbocycles. The molecule has 0 saturated heterocycles. The molecule has 1 aromatic heterocycles. The molecule has 0 saturated carbocycles. The first-order valence-corrected chi connectivity index (χ1v) is 12.9. The average Bonchev–Trinajstić information content (AvgIpc) is 3.19. The quantitative estimate of drug-likeness (QED) is 0.400. The molecule has 31 heavy (non-hydrogen) atoms. The predicted molar refractivity (Wildman–Crippen MR) is 126 cm³/mol. The average molecular weight is 478 g/mol. The van der Waals surface area contributed by atoms with Crippen molar-refractivity contribution in [3.63, 3.8) is 0 Å². The van der Waals surface area contributed by atoms with Gasteiger partial charge in [0.25, 0.3) is 0 Å². The Hall–Kier alpha value is -2.47. The van der Waals surface area contributed by atoms with E-state index in [2.05, 4.69) is 52.9 Å². The van der Waals surface area contributed by atoms with E-state index in [1.54, 1.807) is 0 Å². The summed E-state index contributed by atoms with van der Waals surface area (Å²) in [5, 5.41) is 20.2. The minimum atomic E-state index is -3.76. The summed E-state index contributed by atoms with van der Waals surface area (Å²) in [6.07, 6.45) is 1.82. The summed E-state index contributed by atoms with van der Waals surface area (Å²) in [6.45, 7) is 4.23. The highest BCUT2D eigenvalue weighted by molar-refractivity contribution is 8.01. The summed E-state index contributed by atoms with van der Waals surface area (Å²) in [5.74, 6) is -0.0835. The normalized spacial score (nSPS) is 11.3. The number of nitrogens with two attached hydrogens (primary N) is 1. The lowest BCUT2D eigenvalue weighted by Gasteiger charge is -2.13. The number of nitrogens with one attached hydrogen (secondary N) is 2. The molecule has 0 fully saturated rings. The molecule has 4 N–H and O–H groups in total. The first kappa shape index (κ1) is 23.2. The maximum absolute atomic E-state index is 12.2. The third-order valence-corrected chi connectivity index (χ3v) is 7.33. The number of sulfonamides is 1. The molecule has 1 heterocycles. The van der Waals surface area contributed by atoms with Crippen molar-refractivity contribution in [1.29, 1.82) is 0 Å². The Morgan fingerprint density at radius 2 is 1.71 bits per heavy atom. The van der Waals surface area contributed by atoms with Gasteiger partial charge in [-0.2, -0.15) is 0 Å². The van der Waals surface area contributed by atoms with Crippen molar-refractivity contribution in [2.75, 3.05) is 16.4 Å². The third kappa shape index (κ3) is 6.26. The van der Waals surface area contributed by atoms with Gasteiger partial charge >= 0.3 is 0 Å². The van der Waals surface area contributed by atoms with Crippen LogP contribution in [0.2, 0.25) is 0 Å². The van der Waals surface area contributed by atoms with Gasteiger partial charge in [-0.05, 0) is 48.2 Å². The van der Waals surface area contributed by atoms with Crippen LogP contribution in [0.3, 0.4) is 0 Å². The highest BCUT2D eigenvalue weighted by Crippen LogP contribution is 2.31. The zero-order chi connectivity index (χ0) is 22.4. The molecule has 164 valence electrons. The molecule has 0 aliphatic rings. The lowest BCUT2D eigenvalue weighted by atomic mass is 10.0. The summed E-state index contributed by atoms with van der Waals surface area (Å²) in [6, 6.07) is 11.9. The highest BCUT2D eigenvalue weighted by Gasteiger charge is 2.12. The number of benzene rings is 2. The van der Waals surface area contributed by atoms with Gasteiger partial charge in [0.05, 0.1) is 10.6 Å². The van der Waals surface area contributed by atoms with E-state index in [0.29, 0.717) is 15.2 Å². The van der Waals surface area contributed by atoms with E-state index < -0.39 is 10.0 Å². The van der Waals surface area contributed by atoms with Crippen LogP contribution < -0.4 is 15.8 Å². The molecule has 3 aromatic rings. The number of rotatable bonds is 9. The fourth-order valence-corrected chi connectivity index (χ4v) is 4.95. The van der Waals surface area contributed by atoms with Gasteiger partial charge in [0.2, 0.25) is 21.1 Å². The van der Waals surface area contributed by atoms with Crippen LogP contribution in [-0.2, 0) is 27.7 Å². The molecule has 11 heteroatoms. The van der Waals surface area contributed by atoms with Crippen molar-refractivity contribution in [3.05, 3.63) is 53.6 Å². The summed E-state index contributed by atoms with van der Waals surface area (Å²) in [4.78, 5) is 12.2. The van der Waals surface area contributed by atoms with Gasteiger partial charge in [0.15, 0.2) is 4.34 Å². The van der Waals surface area contributed by atoms with Crippen LogP contribution in [0, 0.1) is 0 Å². The Morgan fingerprint density at radius 3 is 2.29 bits per heavy atom. The number of nitrogens with zero attached hydrogens (tertiary/aromatic N) is 2. The van der Waals surface area contributed by atoms with Crippen LogP contribution in [0.25, 0.3) is 0 Å². The number of carbonyl (C=O) groups is 1. The Bertz CT molecular complexity index is 1140. The van der Waals surface area contributed by atoms with Crippen LogP contribution in [0.5, 0.6) is 0 Å². The molecular formula is C20H23N5O3S3. The molecule has 0 spiro atoms. The standard InChI is InChI=1S/C20H23N5O3S3/c1-3-13-6-5-7-14(4-2)18(13)23-19-24-25-20(30-19)29-12-17(26)22-15-8-10-16(11-9-15)31(21,27)28/h5-11H,3-4,12H2,1-2H3,(H,22,26)(H,23,24)(H2,21,27,28). The van der Waals surface area contributed by atoms with Crippen LogP contribution in [0.4, 0.5) is 16.5 Å². The van der Waals surface area contributed by atoms with E-state index in [-0.39, 0.29) is 16.6 Å². The van der Waals surface area contributed by atoms with E-state index in [4.69, 9.17) is 5.14 Å². The number of hydrogen-bond acceptors (Lipinski definition) is 8. The molecule has 3 rings (SSSR count). The monoisotopic (exact) mass is 477 g/mol. The number of amides is 1. The van der Waals surface area contributed by atoms with Crippen molar-refractivity contribution in [2.24, 2.45) is 5.14 Å². The van der Waals surface area contributed by atoms with Gasteiger partial charge in [-0.1, -0.05) is 55.1 Å². The van der Waals surface area contributed by atoms with Gasteiger partial charge in [0, 0.05) is 11.4 Å². The summed E-state index contributed by atoms with van der Waals surface area (Å²) >= 11 is 2.67. The maximum atomic E-state index is 12.2. The molecule has 0 radical (unpaired) electrons. The van der Waals surface area contributed by atoms with Crippen LogP contribution in [0.15, 0.2) is 51.7 Å². The fourth-order valence-electron chi connectivity index (χ4n) is 2.88. The second kappa shape index (κ2) is 10.2. The Balaban J connectivity index is 1.58. The maximum Gasteiger partial charge on any atom is 0.238 e. The second-order valence-corrected chi connectivity index (χ2v) is 10.3. The minimum Gasteiger partial charge on any atom is -0.330 e. The van der Waals surface area contributed by atoms with E-state index in [9.17, 15) is 13.2 Å². The zero-order valence-corrected chi connectivity index (χ0v) is 19.5. The SMILES string of the molecule is CCc1cccc(CC)c1Nc1nnc(SCC(=O)Nc2ccc(S(N)(=O)=O)cc2)s1. The topological polar surface area (TPSA) is 127 Å². The van der Waals surface area contributed by atoms with Gasteiger partial charge < -0.3 is 10.6 Å². The van der Waals surface area contributed by atoms with Crippen LogP contribution in [0.1, 0.15) is 25.0 Å². The summed E-state index contributed by atoms with van der Waals surface area (Å²) in [7, 11) is -3.76. The lowest BCUT2D eigenvalue weighted by molar-refractivity contribution is -0.113. The van der Waals surface area contributed by atoms with Gasteiger partial charge in [0.1, 0.15) is 0 Å². The molecule has 0 atom stereocenters. The fraction of sp³-hybridized carbons (Fsp3) is 0.250. The number of aryl methyl sites for hydroxylation is 2. The number of carbonyl (C=O) groups excluding carboxylic acids is 1. The number of para-hydroxylation sites is 1. The summed E-state index contributed by atoms with van der Waals surface area (Å²) < 4.78 is 23.2. The van der Waals surface area contributed by atoms with E-state index >= 15 is 0 Å². The van der Waals surface area contributed by atoms with Crippen LogP contribution >= 0.6 is 23.1 Å². The molecule has 0 bridgehead atoms. The number of hydrogen-bond donors (Lipinski definition) is 3. The Kier molecular flexibility index (Phi) is 7.65. The van der Waals surface area contributed by atoms with Crippen molar-refractivity contribution >= 4 is 55.5 Å². The molecule has 1 amide bonds. The first-order valence-electron chi connectivity index (χ1n) is 9.57. The minimum absolute atomic E-state index is 0.00959. The molecule has 8 nitrogen and oxygen atoms in total. The third-order valence-electron chi connectivity index (χ3n) is 4.43. The molecule has 0 aliphatic heterocycles. The number of anilines is 3. The first-order chi connectivity index (χ1) is 14.8. The number of aromatic nitrogens is 2. The number of primary sulfonamides is 1. The Labute approximate surface area is 189 Å². The summed E-state index contributed by atoms with van der Waals surface area (Å²) in [5.41, 5.74) is 4.00.